The minimum Gasteiger partial charge on any atom is -1.00 e. The quantitative estimate of drug-likeness (QED) is 0.217. The van der Waals surface area contributed by atoms with Crippen molar-refractivity contribution in [2.24, 2.45) is 0 Å². The van der Waals surface area contributed by atoms with Crippen LogP contribution in [0.15, 0.2) is 54.9 Å². The standard InChI is InChI=1S/C19H20NO6.BrH/c1-2-24-17(21)14-20-10-6-9-16(13-20)19(23)26-12-11-25-18(22)15-7-4-3-5-8-15;/h3-10,13H,2,11-12,14H2,1H3;1H/q+1;/p-1. The molecule has 7 nitrogen and oxygen atoms in total. The molecule has 1 aromatic heterocycles. The SMILES string of the molecule is CCOC(=O)C[n+]1cccc(C(=O)OCCOC(=O)c2ccccc2)c1.[Br-]. The average molecular weight is 438 g/mol. The maximum atomic E-state index is 12.0. The molecule has 2 rings (SSSR count). The molecule has 1 heterocycles. The van der Waals surface area contributed by atoms with E-state index >= 15 is 0 Å². The zero-order valence-electron chi connectivity index (χ0n) is 14.8. The van der Waals surface area contributed by atoms with Crippen molar-refractivity contribution >= 4 is 17.9 Å². The number of hydrogen-bond donors (Lipinski definition) is 0. The molecule has 0 aliphatic carbocycles. The van der Waals surface area contributed by atoms with E-state index in [1.54, 1.807) is 55.6 Å². The number of rotatable bonds is 8. The molecule has 0 amide bonds. The lowest BCUT2D eigenvalue weighted by Crippen LogP contribution is -3.00. The van der Waals surface area contributed by atoms with E-state index in [2.05, 4.69) is 0 Å². The molecule has 0 spiro atoms. The van der Waals surface area contributed by atoms with E-state index in [1.807, 2.05) is 0 Å². The van der Waals surface area contributed by atoms with Crippen molar-refractivity contribution < 1.29 is 50.1 Å². The lowest BCUT2D eigenvalue weighted by molar-refractivity contribution is -0.686. The number of carbonyl (C=O) groups is 3. The Kier molecular flexibility index (Phi) is 9.74. The zero-order chi connectivity index (χ0) is 18.8. The second-order valence-corrected chi connectivity index (χ2v) is 5.21. The number of ether oxygens (including phenoxy) is 3. The molecule has 0 unspecified atom stereocenters. The molecular formula is C19H20BrNO6. The fourth-order valence-corrected chi connectivity index (χ4v) is 2.11. The normalized spacial score (nSPS) is 9.67. The summed E-state index contributed by atoms with van der Waals surface area (Å²) in [6, 6.07) is 11.7. The van der Waals surface area contributed by atoms with E-state index in [4.69, 9.17) is 14.2 Å². The molecular weight excluding hydrogens is 418 g/mol. The molecule has 0 bridgehead atoms. The number of esters is 3. The highest BCUT2D eigenvalue weighted by Crippen LogP contribution is 2.02. The number of pyridine rings is 1. The maximum absolute atomic E-state index is 12.0. The minimum atomic E-state index is -0.570. The number of benzene rings is 1. The van der Waals surface area contributed by atoms with Gasteiger partial charge in [0.2, 0.25) is 6.54 Å². The summed E-state index contributed by atoms with van der Waals surface area (Å²) >= 11 is 0. The first-order valence-corrected chi connectivity index (χ1v) is 8.14. The Labute approximate surface area is 167 Å². The molecule has 144 valence electrons. The summed E-state index contributed by atoms with van der Waals surface area (Å²) in [7, 11) is 0. The zero-order valence-corrected chi connectivity index (χ0v) is 16.4. The van der Waals surface area contributed by atoms with Crippen LogP contribution in [-0.2, 0) is 25.5 Å². The van der Waals surface area contributed by atoms with Gasteiger partial charge in [-0.2, -0.15) is 4.57 Å². The van der Waals surface area contributed by atoms with Gasteiger partial charge >= 0.3 is 17.9 Å². The lowest BCUT2D eigenvalue weighted by atomic mass is 10.2. The molecule has 0 aliphatic heterocycles. The van der Waals surface area contributed by atoms with Crippen LogP contribution in [-0.4, -0.2) is 37.7 Å². The molecule has 0 N–H and O–H groups in total. The van der Waals surface area contributed by atoms with Crippen molar-refractivity contribution in [3.05, 3.63) is 66.0 Å². The van der Waals surface area contributed by atoms with Gasteiger partial charge in [0.25, 0.3) is 0 Å². The molecule has 0 aliphatic rings. The van der Waals surface area contributed by atoms with Crippen molar-refractivity contribution in [1.82, 2.24) is 0 Å². The Morgan fingerprint density at radius 2 is 1.44 bits per heavy atom. The van der Waals surface area contributed by atoms with Crippen LogP contribution >= 0.6 is 0 Å². The lowest BCUT2D eigenvalue weighted by Gasteiger charge is -2.06. The van der Waals surface area contributed by atoms with Crippen molar-refractivity contribution in [3.63, 3.8) is 0 Å². The number of hydrogen-bond acceptors (Lipinski definition) is 6. The van der Waals surface area contributed by atoms with E-state index in [1.165, 1.54) is 10.8 Å². The van der Waals surface area contributed by atoms with Gasteiger partial charge in [0.05, 0.1) is 12.2 Å². The van der Waals surface area contributed by atoms with Crippen LogP contribution in [0.2, 0.25) is 0 Å². The smallest absolute Gasteiger partial charge is 0.372 e. The first-order chi connectivity index (χ1) is 12.6. The molecule has 2 aromatic rings. The Morgan fingerprint density at radius 1 is 0.852 bits per heavy atom. The van der Waals surface area contributed by atoms with Gasteiger partial charge in [-0.1, -0.05) is 18.2 Å². The van der Waals surface area contributed by atoms with Crippen molar-refractivity contribution in [1.29, 1.82) is 0 Å². The summed E-state index contributed by atoms with van der Waals surface area (Å²) in [4.78, 5) is 35.3. The van der Waals surface area contributed by atoms with Crippen LogP contribution in [0.5, 0.6) is 0 Å². The maximum Gasteiger partial charge on any atom is 0.372 e. The first kappa shape index (κ1) is 22.3. The summed E-state index contributed by atoms with van der Waals surface area (Å²) in [6.45, 7) is 1.91. The van der Waals surface area contributed by atoms with Crippen LogP contribution in [0.25, 0.3) is 0 Å². The first-order valence-electron chi connectivity index (χ1n) is 8.14. The molecule has 0 saturated carbocycles. The van der Waals surface area contributed by atoms with Gasteiger partial charge in [-0.25, -0.2) is 14.4 Å². The van der Waals surface area contributed by atoms with Crippen LogP contribution in [0, 0.1) is 0 Å². The number of carbonyl (C=O) groups excluding carboxylic acids is 3. The largest absolute Gasteiger partial charge is 1.00 e. The summed E-state index contributed by atoms with van der Waals surface area (Å²) in [5, 5.41) is 0. The van der Waals surface area contributed by atoms with E-state index < -0.39 is 17.9 Å². The monoisotopic (exact) mass is 437 g/mol. The van der Waals surface area contributed by atoms with E-state index in [9.17, 15) is 14.4 Å². The highest BCUT2D eigenvalue weighted by atomic mass is 79.9. The number of aromatic nitrogens is 1. The van der Waals surface area contributed by atoms with Crippen LogP contribution in [0.1, 0.15) is 27.6 Å². The molecule has 0 fully saturated rings. The minimum absolute atomic E-state index is 0. The Morgan fingerprint density at radius 3 is 2.07 bits per heavy atom. The average Bonchev–Trinajstić information content (AvgIpc) is 2.66. The van der Waals surface area contributed by atoms with Gasteiger partial charge in [-0.3, -0.25) is 0 Å². The molecule has 27 heavy (non-hydrogen) atoms. The van der Waals surface area contributed by atoms with Gasteiger partial charge in [0, 0.05) is 6.07 Å². The summed E-state index contributed by atoms with van der Waals surface area (Å²) in [5.74, 6) is -1.44. The van der Waals surface area contributed by atoms with Gasteiger partial charge in [0.15, 0.2) is 12.4 Å². The third-order valence-electron chi connectivity index (χ3n) is 3.27. The van der Waals surface area contributed by atoms with Crippen LogP contribution in [0.3, 0.4) is 0 Å². The highest BCUT2D eigenvalue weighted by Gasteiger charge is 2.15. The predicted molar refractivity (Wildman–Crippen MR) is 90.3 cm³/mol. The van der Waals surface area contributed by atoms with Gasteiger partial charge in [-0.05, 0) is 25.1 Å². The highest BCUT2D eigenvalue weighted by molar-refractivity contribution is 5.89. The summed E-state index contributed by atoms with van der Waals surface area (Å²) in [6.07, 6.45) is 3.14. The molecule has 8 heteroatoms. The molecule has 0 saturated heterocycles. The number of halogens is 1. The van der Waals surface area contributed by atoms with E-state index in [0.717, 1.165) is 0 Å². The Balaban J connectivity index is 0.00000364. The van der Waals surface area contributed by atoms with Gasteiger partial charge in [0.1, 0.15) is 18.8 Å². The Hall–Kier alpha value is -2.74. The fraction of sp³-hybridized carbons (Fsp3) is 0.263. The Bertz CT molecular complexity index is 766. The van der Waals surface area contributed by atoms with E-state index in [0.29, 0.717) is 12.2 Å². The van der Waals surface area contributed by atoms with Crippen LogP contribution in [0.4, 0.5) is 0 Å². The summed E-state index contributed by atoms with van der Waals surface area (Å²) < 4.78 is 16.5. The predicted octanol–water partition coefficient (Wildman–Crippen LogP) is -1.44. The molecule has 1 aromatic carbocycles. The second-order valence-electron chi connectivity index (χ2n) is 5.21. The van der Waals surface area contributed by atoms with Crippen molar-refractivity contribution in [2.75, 3.05) is 19.8 Å². The third kappa shape index (κ3) is 7.57. The fourth-order valence-electron chi connectivity index (χ4n) is 2.11. The van der Waals surface area contributed by atoms with Gasteiger partial charge in [-0.15, -0.1) is 0 Å². The summed E-state index contributed by atoms with van der Waals surface area (Å²) in [5.41, 5.74) is 0.716. The van der Waals surface area contributed by atoms with Crippen molar-refractivity contribution in [3.8, 4) is 0 Å². The van der Waals surface area contributed by atoms with Crippen molar-refractivity contribution in [2.45, 2.75) is 13.5 Å². The second kappa shape index (κ2) is 11.8. The van der Waals surface area contributed by atoms with E-state index in [-0.39, 0.29) is 42.3 Å². The van der Waals surface area contributed by atoms with Crippen LogP contribution < -0.4 is 21.5 Å². The topological polar surface area (TPSA) is 82.8 Å². The van der Waals surface area contributed by atoms with Gasteiger partial charge < -0.3 is 31.2 Å². The molecule has 0 radical (unpaired) electrons. The third-order valence-corrected chi connectivity index (χ3v) is 3.27. The number of nitrogens with zero attached hydrogens (tertiary/aromatic N) is 1. The molecule has 0 atom stereocenters.